The number of sulfonamides is 1. The minimum absolute atomic E-state index is 0.114. The Morgan fingerprint density at radius 1 is 1.33 bits per heavy atom. The van der Waals surface area contributed by atoms with Crippen LogP contribution in [0.3, 0.4) is 0 Å². The van der Waals surface area contributed by atoms with Gasteiger partial charge >= 0.3 is 0 Å². The zero-order chi connectivity index (χ0) is 15.3. The zero-order valence-electron chi connectivity index (χ0n) is 11.8. The van der Waals surface area contributed by atoms with Gasteiger partial charge in [-0.25, -0.2) is 18.1 Å². The number of nitrogens with one attached hydrogen (secondary N) is 2. The Morgan fingerprint density at radius 3 is 2.62 bits per heavy atom. The zero-order valence-corrected chi connectivity index (χ0v) is 12.6. The van der Waals surface area contributed by atoms with Gasteiger partial charge in [0.05, 0.1) is 4.90 Å². The lowest BCUT2D eigenvalue weighted by molar-refractivity contribution is 0.578. The van der Waals surface area contributed by atoms with Crippen molar-refractivity contribution in [3.05, 3.63) is 42.0 Å². The third-order valence-electron chi connectivity index (χ3n) is 3.06. The summed E-state index contributed by atoms with van der Waals surface area (Å²) in [6, 6.07) is 6.48. The van der Waals surface area contributed by atoms with Crippen molar-refractivity contribution in [3.63, 3.8) is 0 Å². The average molecular weight is 309 g/mol. The molecular weight excluding hydrogens is 290 g/mol. The first-order chi connectivity index (χ1) is 9.99. The van der Waals surface area contributed by atoms with E-state index < -0.39 is 10.0 Å². The minimum atomic E-state index is -3.48. The quantitative estimate of drug-likeness (QED) is 0.653. The maximum absolute atomic E-state index is 12.1. The molecule has 0 amide bonds. The molecule has 0 saturated carbocycles. The topological polar surface area (TPSA) is 114 Å². The molecule has 0 bridgehead atoms. The molecule has 114 valence electrons. The van der Waals surface area contributed by atoms with Gasteiger partial charge in [0.1, 0.15) is 12.2 Å². The van der Waals surface area contributed by atoms with Crippen molar-refractivity contribution in [2.24, 2.45) is 5.73 Å². The Hall–Kier alpha value is -1.77. The van der Waals surface area contributed by atoms with Crippen LogP contribution in [0.5, 0.6) is 0 Å². The lowest BCUT2D eigenvalue weighted by atomic mass is 10.1. The van der Waals surface area contributed by atoms with Crippen LogP contribution in [0.15, 0.2) is 35.5 Å². The second-order valence-electron chi connectivity index (χ2n) is 4.79. The molecule has 7 nitrogen and oxygen atoms in total. The molecule has 0 radical (unpaired) electrons. The molecule has 2 aromatic rings. The van der Waals surface area contributed by atoms with Crippen molar-refractivity contribution in [2.75, 3.05) is 6.54 Å². The van der Waals surface area contributed by atoms with Crippen LogP contribution < -0.4 is 10.5 Å². The lowest BCUT2D eigenvalue weighted by Crippen LogP contribution is -2.25. The van der Waals surface area contributed by atoms with E-state index in [1.165, 1.54) is 6.33 Å². The number of hydrogen-bond donors (Lipinski definition) is 3. The van der Waals surface area contributed by atoms with Crippen LogP contribution in [0.2, 0.25) is 0 Å². The van der Waals surface area contributed by atoms with Crippen molar-refractivity contribution >= 4 is 10.0 Å². The van der Waals surface area contributed by atoms with Crippen LogP contribution in [-0.2, 0) is 16.4 Å². The molecular formula is C13H19N5O2S. The Labute approximate surface area is 124 Å². The smallest absolute Gasteiger partial charge is 0.240 e. The maximum Gasteiger partial charge on any atom is 0.240 e. The molecule has 2 rings (SSSR count). The van der Waals surface area contributed by atoms with Crippen molar-refractivity contribution in [3.8, 4) is 0 Å². The van der Waals surface area contributed by atoms with Gasteiger partial charge in [0.25, 0.3) is 0 Å². The molecule has 4 N–H and O–H groups in total. The van der Waals surface area contributed by atoms with Crippen LogP contribution >= 0.6 is 0 Å². The van der Waals surface area contributed by atoms with Crippen molar-refractivity contribution in [1.29, 1.82) is 0 Å². The highest BCUT2D eigenvalue weighted by molar-refractivity contribution is 7.89. The summed E-state index contributed by atoms with van der Waals surface area (Å²) in [5, 5.41) is 6.47. The molecule has 0 spiro atoms. The third-order valence-corrected chi connectivity index (χ3v) is 4.54. The SMILES string of the molecule is CC(N)c1ccc(S(=O)(=O)NCCCc2ncn[nH]2)cc1. The number of rotatable bonds is 7. The number of aromatic nitrogens is 3. The van der Waals surface area contributed by atoms with Gasteiger partial charge in [-0.3, -0.25) is 5.10 Å². The summed E-state index contributed by atoms with van der Waals surface area (Å²) in [5.74, 6) is 0.746. The molecule has 1 atom stereocenters. The second-order valence-corrected chi connectivity index (χ2v) is 6.56. The lowest BCUT2D eigenvalue weighted by Gasteiger charge is -2.09. The van der Waals surface area contributed by atoms with E-state index in [0.717, 1.165) is 11.4 Å². The second kappa shape index (κ2) is 6.79. The molecule has 0 fully saturated rings. The number of H-pyrrole nitrogens is 1. The Bertz CT molecular complexity index is 650. The molecule has 0 aliphatic carbocycles. The van der Waals surface area contributed by atoms with E-state index >= 15 is 0 Å². The van der Waals surface area contributed by atoms with E-state index in [9.17, 15) is 8.42 Å². The number of nitrogens with two attached hydrogens (primary N) is 1. The molecule has 1 heterocycles. The van der Waals surface area contributed by atoms with Crippen LogP contribution in [0.25, 0.3) is 0 Å². The van der Waals surface area contributed by atoms with E-state index in [-0.39, 0.29) is 10.9 Å². The first kappa shape index (κ1) is 15.6. The standard InChI is InChI=1S/C13H19N5O2S/c1-10(14)11-4-6-12(7-5-11)21(19,20)17-8-2-3-13-15-9-16-18-13/h4-7,9-10,17H,2-3,8,14H2,1H3,(H,15,16,18). The fourth-order valence-electron chi connectivity index (χ4n) is 1.85. The van der Waals surface area contributed by atoms with E-state index in [4.69, 9.17) is 5.73 Å². The van der Waals surface area contributed by atoms with Gasteiger partial charge in [-0.05, 0) is 31.0 Å². The van der Waals surface area contributed by atoms with Crippen molar-refractivity contribution in [2.45, 2.75) is 30.7 Å². The first-order valence-electron chi connectivity index (χ1n) is 6.68. The van der Waals surface area contributed by atoms with Gasteiger partial charge in [-0.15, -0.1) is 0 Å². The summed E-state index contributed by atoms with van der Waals surface area (Å²) in [6.07, 6.45) is 2.72. The minimum Gasteiger partial charge on any atom is -0.324 e. The molecule has 0 saturated heterocycles. The predicted octanol–water partition coefficient (Wildman–Crippen LogP) is 0.736. The van der Waals surface area contributed by atoms with Crippen molar-refractivity contribution in [1.82, 2.24) is 19.9 Å². The molecule has 1 aromatic carbocycles. The van der Waals surface area contributed by atoms with Crippen LogP contribution in [0, 0.1) is 0 Å². The van der Waals surface area contributed by atoms with Crippen LogP contribution in [-0.4, -0.2) is 30.1 Å². The molecule has 0 aliphatic heterocycles. The Kier molecular flexibility index (Phi) is 5.05. The fourth-order valence-corrected chi connectivity index (χ4v) is 2.92. The molecule has 1 unspecified atom stereocenters. The van der Waals surface area contributed by atoms with Gasteiger partial charge in [-0.2, -0.15) is 5.10 Å². The van der Waals surface area contributed by atoms with Gasteiger partial charge < -0.3 is 5.73 Å². The molecule has 1 aromatic heterocycles. The number of benzene rings is 1. The van der Waals surface area contributed by atoms with Gasteiger partial charge in [0.2, 0.25) is 10.0 Å². The van der Waals surface area contributed by atoms with Gasteiger partial charge in [0.15, 0.2) is 0 Å². The van der Waals surface area contributed by atoms with Crippen LogP contribution in [0.4, 0.5) is 0 Å². The Balaban J connectivity index is 1.89. The Morgan fingerprint density at radius 2 is 2.05 bits per heavy atom. The van der Waals surface area contributed by atoms with E-state index in [0.29, 0.717) is 19.4 Å². The van der Waals surface area contributed by atoms with Crippen molar-refractivity contribution < 1.29 is 8.42 Å². The number of hydrogen-bond acceptors (Lipinski definition) is 5. The largest absolute Gasteiger partial charge is 0.324 e. The maximum atomic E-state index is 12.1. The summed E-state index contributed by atoms with van der Waals surface area (Å²) in [6.45, 7) is 2.20. The highest BCUT2D eigenvalue weighted by atomic mass is 32.2. The summed E-state index contributed by atoms with van der Waals surface area (Å²) in [5.41, 5.74) is 6.64. The normalized spacial score (nSPS) is 13.2. The number of nitrogens with zero attached hydrogens (tertiary/aromatic N) is 2. The monoisotopic (exact) mass is 309 g/mol. The fraction of sp³-hybridized carbons (Fsp3) is 0.385. The van der Waals surface area contributed by atoms with E-state index in [2.05, 4.69) is 19.9 Å². The molecule has 8 heteroatoms. The van der Waals surface area contributed by atoms with Crippen LogP contribution in [0.1, 0.15) is 30.8 Å². The van der Waals surface area contributed by atoms with Gasteiger partial charge in [-0.1, -0.05) is 12.1 Å². The number of aromatic amines is 1. The summed E-state index contributed by atoms with van der Waals surface area (Å²) < 4.78 is 26.8. The molecule has 0 aliphatic rings. The third kappa shape index (κ3) is 4.35. The first-order valence-corrected chi connectivity index (χ1v) is 8.17. The van der Waals surface area contributed by atoms with Gasteiger partial charge in [0, 0.05) is 19.0 Å². The predicted molar refractivity (Wildman–Crippen MR) is 78.9 cm³/mol. The summed E-state index contributed by atoms with van der Waals surface area (Å²) >= 11 is 0. The van der Waals surface area contributed by atoms with E-state index in [1.807, 2.05) is 6.92 Å². The highest BCUT2D eigenvalue weighted by Crippen LogP contribution is 2.14. The summed E-state index contributed by atoms with van der Waals surface area (Å²) in [7, 11) is -3.48. The average Bonchev–Trinajstić information content (AvgIpc) is 2.97. The number of aryl methyl sites for hydroxylation is 1. The highest BCUT2D eigenvalue weighted by Gasteiger charge is 2.13. The summed E-state index contributed by atoms with van der Waals surface area (Å²) in [4.78, 5) is 4.22. The van der Waals surface area contributed by atoms with E-state index in [1.54, 1.807) is 24.3 Å². The molecule has 21 heavy (non-hydrogen) atoms.